The van der Waals surface area contributed by atoms with Gasteiger partial charge in [0.15, 0.2) is 0 Å². The lowest BCUT2D eigenvalue weighted by Crippen LogP contribution is -1.97. The molecule has 0 aliphatic heterocycles. The van der Waals surface area contributed by atoms with Crippen LogP contribution in [0.25, 0.3) is 17.1 Å². The number of carboxylic acid groups (broad SMARTS) is 1. The van der Waals surface area contributed by atoms with Crippen molar-refractivity contribution in [2.45, 2.75) is 13.5 Å². The molecule has 2 aromatic rings. The third kappa shape index (κ3) is 2.09. The number of aromatic nitrogens is 2. The summed E-state index contributed by atoms with van der Waals surface area (Å²) >= 11 is 0. The number of benzene rings is 1. The van der Waals surface area contributed by atoms with Crippen LogP contribution in [0.15, 0.2) is 24.3 Å². The van der Waals surface area contributed by atoms with Gasteiger partial charge >= 0.3 is 5.97 Å². The van der Waals surface area contributed by atoms with Crippen LogP contribution in [-0.4, -0.2) is 20.6 Å². The number of hydrogen-bond donors (Lipinski definition) is 1. The number of imidazole rings is 1. The van der Waals surface area contributed by atoms with E-state index in [4.69, 9.17) is 10.4 Å². The van der Waals surface area contributed by atoms with E-state index in [2.05, 4.69) is 11.1 Å². The molecule has 1 heterocycles. The van der Waals surface area contributed by atoms with Gasteiger partial charge in [0, 0.05) is 12.6 Å². The van der Waals surface area contributed by atoms with Crippen molar-refractivity contribution in [2.24, 2.45) is 0 Å². The van der Waals surface area contributed by atoms with Crippen molar-refractivity contribution in [3.63, 3.8) is 0 Å². The second kappa shape index (κ2) is 4.72. The summed E-state index contributed by atoms with van der Waals surface area (Å²) in [5, 5.41) is 17.5. The largest absolute Gasteiger partial charge is 0.478 e. The average Bonchev–Trinajstić information content (AvgIpc) is 2.72. The highest BCUT2D eigenvalue weighted by Crippen LogP contribution is 2.18. The highest BCUT2D eigenvalue weighted by atomic mass is 16.4. The Labute approximate surface area is 104 Å². The Bertz CT molecular complexity index is 677. The third-order valence-electron chi connectivity index (χ3n) is 2.60. The van der Waals surface area contributed by atoms with E-state index in [1.54, 1.807) is 18.2 Å². The van der Waals surface area contributed by atoms with E-state index in [0.717, 1.165) is 17.1 Å². The summed E-state index contributed by atoms with van der Waals surface area (Å²) in [7, 11) is 0. The van der Waals surface area contributed by atoms with Gasteiger partial charge in [0.05, 0.1) is 22.7 Å². The second-order valence-electron chi connectivity index (χ2n) is 3.70. The number of nitriles is 1. The van der Waals surface area contributed by atoms with E-state index in [9.17, 15) is 4.79 Å². The fraction of sp³-hybridized carbons (Fsp3) is 0.154. The molecule has 0 aliphatic rings. The predicted octanol–water partition coefficient (Wildman–Crippen LogP) is 2.03. The van der Waals surface area contributed by atoms with Gasteiger partial charge in [-0.15, -0.1) is 0 Å². The molecule has 0 aliphatic carbocycles. The summed E-state index contributed by atoms with van der Waals surface area (Å²) in [5.74, 6) is -0.438. The lowest BCUT2D eigenvalue weighted by atomic mass is 10.2. The summed E-state index contributed by atoms with van der Waals surface area (Å²) in [6.07, 6.45) is 2.51. The molecule has 0 atom stereocenters. The smallest absolute Gasteiger partial charge is 0.328 e. The molecule has 0 spiro atoms. The van der Waals surface area contributed by atoms with Crippen LogP contribution < -0.4 is 0 Å². The van der Waals surface area contributed by atoms with E-state index in [-0.39, 0.29) is 0 Å². The van der Waals surface area contributed by atoms with Crippen molar-refractivity contribution in [3.8, 4) is 6.07 Å². The zero-order valence-corrected chi connectivity index (χ0v) is 9.79. The quantitative estimate of drug-likeness (QED) is 0.834. The highest BCUT2D eigenvalue weighted by Gasteiger charge is 2.08. The zero-order valence-electron chi connectivity index (χ0n) is 9.79. The molecule has 0 saturated heterocycles. The normalized spacial score (nSPS) is 10.9. The molecule has 5 heteroatoms. The number of rotatable bonds is 3. The Morgan fingerprint density at radius 1 is 1.61 bits per heavy atom. The van der Waals surface area contributed by atoms with Crippen molar-refractivity contribution in [3.05, 3.63) is 35.7 Å². The van der Waals surface area contributed by atoms with Crippen molar-refractivity contribution in [2.75, 3.05) is 0 Å². The van der Waals surface area contributed by atoms with E-state index >= 15 is 0 Å². The first-order chi connectivity index (χ1) is 8.65. The van der Waals surface area contributed by atoms with Gasteiger partial charge in [-0.2, -0.15) is 5.26 Å². The number of aryl methyl sites for hydroxylation is 1. The molecule has 0 bridgehead atoms. The van der Waals surface area contributed by atoms with Crippen LogP contribution in [0.3, 0.4) is 0 Å². The van der Waals surface area contributed by atoms with E-state index in [0.29, 0.717) is 17.9 Å². The first-order valence-corrected chi connectivity index (χ1v) is 5.47. The molecule has 0 radical (unpaired) electrons. The van der Waals surface area contributed by atoms with Crippen molar-refractivity contribution in [1.82, 2.24) is 9.55 Å². The Balaban J connectivity index is 2.62. The number of carbonyl (C=O) groups is 1. The van der Waals surface area contributed by atoms with Crippen LogP contribution >= 0.6 is 0 Å². The summed E-state index contributed by atoms with van der Waals surface area (Å²) in [6.45, 7) is 2.60. The molecule has 0 amide bonds. The Hall–Kier alpha value is -2.61. The minimum absolute atomic E-state index is 0.561. The van der Waals surface area contributed by atoms with E-state index in [1.807, 2.05) is 11.5 Å². The molecule has 18 heavy (non-hydrogen) atoms. The van der Waals surface area contributed by atoms with Gasteiger partial charge < -0.3 is 9.67 Å². The Morgan fingerprint density at radius 3 is 3.00 bits per heavy atom. The summed E-state index contributed by atoms with van der Waals surface area (Å²) in [5.41, 5.74) is 2.15. The maximum absolute atomic E-state index is 10.5. The van der Waals surface area contributed by atoms with Crippen LogP contribution in [0.5, 0.6) is 0 Å². The molecule has 1 aromatic carbocycles. The topological polar surface area (TPSA) is 78.9 Å². The summed E-state index contributed by atoms with van der Waals surface area (Å²) in [4.78, 5) is 14.9. The van der Waals surface area contributed by atoms with Gasteiger partial charge in [-0.05, 0) is 31.2 Å². The molecule has 0 unspecified atom stereocenters. The Kier molecular flexibility index (Phi) is 3.11. The Morgan fingerprint density at radius 2 is 2.39 bits per heavy atom. The van der Waals surface area contributed by atoms with Gasteiger partial charge in [-0.25, -0.2) is 9.78 Å². The summed E-state index contributed by atoms with van der Waals surface area (Å²) < 4.78 is 1.87. The minimum Gasteiger partial charge on any atom is -0.478 e. The van der Waals surface area contributed by atoms with Crippen molar-refractivity contribution >= 4 is 23.1 Å². The van der Waals surface area contributed by atoms with Crippen LogP contribution in [-0.2, 0) is 11.3 Å². The van der Waals surface area contributed by atoms with E-state index < -0.39 is 5.97 Å². The van der Waals surface area contributed by atoms with E-state index in [1.165, 1.54) is 6.08 Å². The van der Waals surface area contributed by atoms with Crippen LogP contribution in [0, 0.1) is 11.3 Å². The molecule has 1 N–H and O–H groups in total. The van der Waals surface area contributed by atoms with Gasteiger partial charge in [0.2, 0.25) is 0 Å². The maximum atomic E-state index is 10.5. The van der Waals surface area contributed by atoms with Crippen molar-refractivity contribution in [1.29, 1.82) is 5.26 Å². The monoisotopic (exact) mass is 241 g/mol. The first kappa shape index (κ1) is 11.9. The lowest BCUT2D eigenvalue weighted by molar-refractivity contribution is -0.131. The maximum Gasteiger partial charge on any atom is 0.328 e. The molecule has 5 nitrogen and oxygen atoms in total. The fourth-order valence-electron chi connectivity index (χ4n) is 1.82. The standard InChI is InChI=1S/C13H11N3O2/c1-2-16-11-7-9(8-14)3-4-10(11)15-12(16)5-6-13(17)18/h3-7H,2H2,1H3,(H,17,18)/b6-5+. The van der Waals surface area contributed by atoms with Gasteiger partial charge in [0.25, 0.3) is 0 Å². The highest BCUT2D eigenvalue weighted by molar-refractivity contribution is 5.86. The number of carboxylic acids is 1. The van der Waals surface area contributed by atoms with Gasteiger partial charge in [-0.3, -0.25) is 0 Å². The summed E-state index contributed by atoms with van der Waals surface area (Å²) in [6, 6.07) is 7.29. The molecule has 0 saturated carbocycles. The zero-order chi connectivity index (χ0) is 13.1. The number of aliphatic carboxylic acids is 1. The average molecular weight is 241 g/mol. The molecular formula is C13H11N3O2. The predicted molar refractivity (Wildman–Crippen MR) is 66.8 cm³/mol. The minimum atomic E-state index is -1.01. The molecule has 0 fully saturated rings. The molecule has 2 rings (SSSR count). The van der Waals surface area contributed by atoms with Gasteiger partial charge in [0.1, 0.15) is 5.82 Å². The van der Waals surface area contributed by atoms with Crippen LogP contribution in [0.4, 0.5) is 0 Å². The fourth-order valence-corrected chi connectivity index (χ4v) is 1.82. The second-order valence-corrected chi connectivity index (χ2v) is 3.70. The van der Waals surface area contributed by atoms with Gasteiger partial charge in [-0.1, -0.05) is 0 Å². The van der Waals surface area contributed by atoms with Crippen LogP contribution in [0.2, 0.25) is 0 Å². The first-order valence-electron chi connectivity index (χ1n) is 5.47. The molecular weight excluding hydrogens is 230 g/mol. The van der Waals surface area contributed by atoms with Crippen molar-refractivity contribution < 1.29 is 9.90 Å². The molecule has 90 valence electrons. The molecule has 1 aromatic heterocycles. The number of hydrogen-bond acceptors (Lipinski definition) is 3. The third-order valence-corrected chi connectivity index (χ3v) is 2.60. The number of nitrogens with zero attached hydrogens (tertiary/aromatic N) is 3. The van der Waals surface area contributed by atoms with Crippen LogP contribution in [0.1, 0.15) is 18.3 Å². The number of fused-ring (bicyclic) bond motifs is 1. The lowest BCUT2D eigenvalue weighted by Gasteiger charge is -2.01. The SMILES string of the molecule is CCn1c(/C=C/C(=O)O)nc2ccc(C#N)cc21.